The quantitative estimate of drug-likeness (QED) is 0.480. The lowest BCUT2D eigenvalue weighted by molar-refractivity contribution is 0.750. The molecule has 0 bridgehead atoms. The average molecular weight is 390 g/mol. The molecule has 7 nitrogen and oxygen atoms in total. The highest BCUT2D eigenvalue weighted by Gasteiger charge is 2.19. The van der Waals surface area contributed by atoms with Crippen LogP contribution in [0.2, 0.25) is 0 Å². The van der Waals surface area contributed by atoms with Crippen LogP contribution in [0.1, 0.15) is 43.9 Å². The van der Waals surface area contributed by atoms with Gasteiger partial charge in [-0.15, -0.1) is 0 Å². The first-order chi connectivity index (χ1) is 14.1. The highest BCUT2D eigenvalue weighted by Crippen LogP contribution is 2.32. The molecule has 0 saturated carbocycles. The van der Waals surface area contributed by atoms with E-state index < -0.39 is 0 Å². The fourth-order valence-electron chi connectivity index (χ4n) is 3.64. The molecule has 0 aliphatic heterocycles. The van der Waals surface area contributed by atoms with Crippen LogP contribution in [0.25, 0.3) is 22.1 Å². The van der Waals surface area contributed by atoms with Crippen LogP contribution < -0.4 is 10.2 Å². The smallest absolute Gasteiger partial charge is 0.182 e. The van der Waals surface area contributed by atoms with Gasteiger partial charge >= 0.3 is 0 Å². The molecular weight excluding hydrogens is 362 g/mol. The number of nitrogens with one attached hydrogen (secondary N) is 2. The fourth-order valence-corrected chi connectivity index (χ4v) is 3.64. The second-order valence-corrected chi connectivity index (χ2v) is 7.51. The summed E-state index contributed by atoms with van der Waals surface area (Å²) in [6.07, 6.45) is 5.46. The highest BCUT2D eigenvalue weighted by atomic mass is 15.2. The molecule has 1 atom stereocenters. The molecule has 0 saturated heterocycles. The third-order valence-electron chi connectivity index (χ3n) is 5.31. The summed E-state index contributed by atoms with van der Waals surface area (Å²) in [7, 11) is 2.12. The van der Waals surface area contributed by atoms with Crippen molar-refractivity contribution in [3.8, 4) is 0 Å². The number of benzene rings is 1. The van der Waals surface area contributed by atoms with Crippen LogP contribution in [-0.4, -0.2) is 38.5 Å². The summed E-state index contributed by atoms with van der Waals surface area (Å²) in [5, 5.41) is 4.68. The summed E-state index contributed by atoms with van der Waals surface area (Å²) in [5.74, 6) is 1.75. The van der Waals surface area contributed by atoms with Gasteiger partial charge in [-0.25, -0.2) is 19.9 Å². The summed E-state index contributed by atoms with van der Waals surface area (Å²) in [4.78, 5) is 23.3. The Kier molecular flexibility index (Phi) is 5.29. The van der Waals surface area contributed by atoms with Crippen molar-refractivity contribution in [3.63, 3.8) is 0 Å². The molecule has 0 fully saturated rings. The Balaban J connectivity index is 1.76. The Morgan fingerprint density at radius 1 is 1.21 bits per heavy atom. The van der Waals surface area contributed by atoms with Gasteiger partial charge in [0.05, 0.1) is 17.9 Å². The Hall–Kier alpha value is -3.22. The Morgan fingerprint density at radius 3 is 2.90 bits per heavy atom. The molecule has 0 aliphatic rings. The predicted octanol–water partition coefficient (Wildman–Crippen LogP) is 4.62. The Morgan fingerprint density at radius 2 is 2.07 bits per heavy atom. The number of fused-ring (bicyclic) bond motifs is 2. The minimum atomic E-state index is 0.00730. The second kappa shape index (κ2) is 8.03. The van der Waals surface area contributed by atoms with E-state index in [1.165, 1.54) is 11.9 Å². The van der Waals surface area contributed by atoms with Gasteiger partial charge in [0.1, 0.15) is 17.7 Å². The summed E-state index contributed by atoms with van der Waals surface area (Å²) in [6.45, 7) is 7.43. The average Bonchev–Trinajstić information content (AvgIpc) is 3.21. The third-order valence-corrected chi connectivity index (χ3v) is 5.31. The van der Waals surface area contributed by atoms with Crippen LogP contribution in [0, 0.1) is 6.92 Å². The second-order valence-electron chi connectivity index (χ2n) is 7.51. The van der Waals surface area contributed by atoms with Crippen molar-refractivity contribution in [2.75, 3.05) is 23.8 Å². The first-order valence-electron chi connectivity index (χ1n) is 10.1. The topological polar surface area (TPSA) is 82.6 Å². The van der Waals surface area contributed by atoms with Gasteiger partial charge in [0.2, 0.25) is 0 Å². The number of unbranched alkanes of at least 4 members (excludes halogenated alkanes) is 1. The number of hydrogen-bond acceptors (Lipinski definition) is 6. The molecule has 1 aromatic carbocycles. The van der Waals surface area contributed by atoms with E-state index in [4.69, 9.17) is 4.98 Å². The van der Waals surface area contributed by atoms with Gasteiger partial charge < -0.3 is 15.2 Å². The normalized spacial score (nSPS) is 12.4. The number of pyridine rings is 1. The summed E-state index contributed by atoms with van der Waals surface area (Å²) >= 11 is 0. The fraction of sp³-hybridized carbons (Fsp3) is 0.364. The number of hydrogen-bond donors (Lipinski definition) is 2. The molecule has 1 unspecified atom stereocenters. The first kappa shape index (κ1) is 19.1. The van der Waals surface area contributed by atoms with Crippen LogP contribution in [0.5, 0.6) is 0 Å². The van der Waals surface area contributed by atoms with E-state index in [0.717, 1.165) is 53.0 Å². The van der Waals surface area contributed by atoms with Crippen molar-refractivity contribution < 1.29 is 0 Å². The number of nitrogens with zero attached hydrogens (tertiary/aromatic N) is 5. The van der Waals surface area contributed by atoms with Crippen molar-refractivity contribution in [2.24, 2.45) is 0 Å². The van der Waals surface area contributed by atoms with E-state index in [1.807, 2.05) is 0 Å². The van der Waals surface area contributed by atoms with Gasteiger partial charge in [0.25, 0.3) is 0 Å². The third kappa shape index (κ3) is 3.72. The van der Waals surface area contributed by atoms with E-state index in [1.54, 1.807) is 6.33 Å². The summed E-state index contributed by atoms with van der Waals surface area (Å²) < 4.78 is 0. The summed E-state index contributed by atoms with van der Waals surface area (Å²) in [5.41, 5.74) is 4.86. The number of aryl methyl sites for hydroxylation is 1. The maximum atomic E-state index is 5.08. The number of H-pyrrole nitrogens is 1. The van der Waals surface area contributed by atoms with Gasteiger partial charge in [0.15, 0.2) is 11.5 Å². The van der Waals surface area contributed by atoms with Crippen molar-refractivity contribution in [2.45, 2.75) is 39.7 Å². The van der Waals surface area contributed by atoms with Gasteiger partial charge in [0, 0.05) is 24.5 Å². The molecule has 0 radical (unpaired) electrons. The Labute approximate surface area is 170 Å². The highest BCUT2D eigenvalue weighted by molar-refractivity contribution is 5.86. The molecular formula is C22H27N7. The zero-order chi connectivity index (χ0) is 20.4. The SMILES string of the molecule is CCCCN(C)c1nc2c(C)cccc2cc1C(C)Nc1ncnc2nc[nH]c12. The lowest BCUT2D eigenvalue weighted by atomic mass is 10.0. The number of rotatable bonds is 7. The number of aromatic amines is 1. The van der Waals surface area contributed by atoms with Crippen LogP contribution in [0.4, 0.5) is 11.6 Å². The molecule has 3 heterocycles. The molecule has 4 aromatic rings. The minimum absolute atomic E-state index is 0.00730. The Bertz CT molecular complexity index is 1130. The number of imidazole rings is 1. The van der Waals surface area contributed by atoms with Crippen LogP contribution in [0.3, 0.4) is 0 Å². The monoisotopic (exact) mass is 389 g/mol. The number of para-hydroxylation sites is 1. The lowest BCUT2D eigenvalue weighted by Crippen LogP contribution is -2.23. The number of aromatic nitrogens is 5. The maximum Gasteiger partial charge on any atom is 0.182 e. The van der Waals surface area contributed by atoms with E-state index in [2.05, 4.69) is 82.2 Å². The molecule has 2 N–H and O–H groups in total. The molecule has 0 aliphatic carbocycles. The van der Waals surface area contributed by atoms with Crippen molar-refractivity contribution in [1.82, 2.24) is 24.9 Å². The zero-order valence-electron chi connectivity index (χ0n) is 17.4. The van der Waals surface area contributed by atoms with Gasteiger partial charge in [-0.05, 0) is 31.9 Å². The van der Waals surface area contributed by atoms with E-state index >= 15 is 0 Å². The van der Waals surface area contributed by atoms with E-state index in [9.17, 15) is 0 Å². The first-order valence-corrected chi connectivity index (χ1v) is 10.1. The molecule has 150 valence electrons. The van der Waals surface area contributed by atoms with Crippen LogP contribution in [0.15, 0.2) is 36.9 Å². The van der Waals surface area contributed by atoms with Gasteiger partial charge in [-0.1, -0.05) is 31.5 Å². The standard InChI is InChI=1S/C22H27N7/c1-5-6-10-29(4)22-17(11-16-9-7-8-14(2)18(16)28-22)15(3)27-21-19-20(24-12-23-19)25-13-26-21/h7-9,11-13,15H,5-6,10H2,1-4H3,(H2,23,24,25,26,27). The lowest BCUT2D eigenvalue weighted by Gasteiger charge is -2.25. The van der Waals surface area contributed by atoms with Gasteiger partial charge in [-0.2, -0.15) is 0 Å². The summed E-state index contributed by atoms with van der Waals surface area (Å²) in [6, 6.07) is 8.57. The van der Waals surface area contributed by atoms with E-state index in [-0.39, 0.29) is 6.04 Å². The van der Waals surface area contributed by atoms with E-state index in [0.29, 0.717) is 5.65 Å². The van der Waals surface area contributed by atoms with Gasteiger partial charge in [-0.3, -0.25) is 0 Å². The van der Waals surface area contributed by atoms with Crippen molar-refractivity contribution >= 4 is 33.7 Å². The molecule has 3 aromatic heterocycles. The molecule has 0 amide bonds. The van der Waals surface area contributed by atoms with Crippen molar-refractivity contribution in [3.05, 3.63) is 48.0 Å². The molecule has 0 spiro atoms. The maximum absolute atomic E-state index is 5.08. The number of anilines is 2. The minimum Gasteiger partial charge on any atom is -0.362 e. The largest absolute Gasteiger partial charge is 0.362 e. The zero-order valence-corrected chi connectivity index (χ0v) is 17.4. The molecule has 4 rings (SSSR count). The van der Waals surface area contributed by atoms with Crippen LogP contribution >= 0.6 is 0 Å². The molecule has 7 heteroatoms. The van der Waals surface area contributed by atoms with Crippen LogP contribution in [-0.2, 0) is 0 Å². The predicted molar refractivity (Wildman–Crippen MR) is 118 cm³/mol. The molecule has 29 heavy (non-hydrogen) atoms. The van der Waals surface area contributed by atoms with Crippen molar-refractivity contribution in [1.29, 1.82) is 0 Å².